The first-order valence-electron chi connectivity index (χ1n) is 6.34. The summed E-state index contributed by atoms with van der Waals surface area (Å²) in [6, 6.07) is 0. The minimum atomic E-state index is -0.127. The zero-order valence-electron chi connectivity index (χ0n) is 11.0. The highest BCUT2D eigenvalue weighted by molar-refractivity contribution is 4.66. The molecule has 0 aromatic heterocycles. The third-order valence-corrected chi connectivity index (χ3v) is 2.69. The Hall–Kier alpha value is -0.0800. The van der Waals surface area contributed by atoms with Crippen molar-refractivity contribution < 1.29 is 9.78 Å². The first-order valence-corrected chi connectivity index (χ1v) is 6.34. The Labute approximate surface area is 95.3 Å². The molecule has 2 heteroatoms. The number of hydrogen-bond donors (Lipinski definition) is 0. The Morgan fingerprint density at radius 2 is 1.40 bits per heavy atom. The highest BCUT2D eigenvalue weighted by atomic mass is 17.2. The quantitative estimate of drug-likeness (QED) is 0.304. The van der Waals surface area contributed by atoms with E-state index in [1.807, 2.05) is 0 Å². The lowest BCUT2D eigenvalue weighted by atomic mass is 9.99. The van der Waals surface area contributed by atoms with E-state index >= 15 is 0 Å². The van der Waals surface area contributed by atoms with Crippen LogP contribution in [0.15, 0.2) is 0 Å². The van der Waals surface area contributed by atoms with Gasteiger partial charge < -0.3 is 0 Å². The van der Waals surface area contributed by atoms with E-state index in [9.17, 15) is 0 Å². The first kappa shape index (κ1) is 14.9. The van der Waals surface area contributed by atoms with Gasteiger partial charge in [0.2, 0.25) is 0 Å². The lowest BCUT2D eigenvalue weighted by Gasteiger charge is -2.22. The van der Waals surface area contributed by atoms with Gasteiger partial charge in [0.25, 0.3) is 0 Å². The molecule has 0 saturated heterocycles. The minimum Gasteiger partial charge on any atom is -0.240 e. The van der Waals surface area contributed by atoms with E-state index in [-0.39, 0.29) is 5.60 Å². The van der Waals surface area contributed by atoms with Gasteiger partial charge in [0, 0.05) is 0 Å². The predicted octanol–water partition coefficient (Wildman–Crippen LogP) is 4.48. The van der Waals surface area contributed by atoms with Crippen LogP contribution in [0.4, 0.5) is 0 Å². The molecule has 0 amide bonds. The molecular formula is C13H28O2. The Bertz CT molecular complexity index is 132. The summed E-state index contributed by atoms with van der Waals surface area (Å²) in [7, 11) is 1.58. The van der Waals surface area contributed by atoms with Crippen molar-refractivity contribution in [3.63, 3.8) is 0 Å². The molecule has 0 radical (unpaired) electrons. The van der Waals surface area contributed by atoms with Crippen LogP contribution in [0.25, 0.3) is 0 Å². The van der Waals surface area contributed by atoms with Crippen LogP contribution in [0.1, 0.15) is 72.1 Å². The van der Waals surface area contributed by atoms with E-state index in [1.165, 1.54) is 44.9 Å². The SMILES string of the molecule is CCCCCCCCCC(C)(C)OOC. The number of unbranched alkanes of at least 4 members (excludes halogenated alkanes) is 6. The van der Waals surface area contributed by atoms with Crippen LogP contribution in [0, 0.1) is 0 Å². The zero-order chi connectivity index (χ0) is 11.6. The average Bonchev–Trinajstić information content (AvgIpc) is 2.16. The van der Waals surface area contributed by atoms with Crippen molar-refractivity contribution in [2.45, 2.75) is 77.7 Å². The van der Waals surface area contributed by atoms with Crippen LogP contribution >= 0.6 is 0 Å². The van der Waals surface area contributed by atoms with Crippen molar-refractivity contribution in [3.8, 4) is 0 Å². The van der Waals surface area contributed by atoms with Crippen molar-refractivity contribution in [2.75, 3.05) is 7.11 Å². The maximum Gasteiger partial charge on any atom is 0.0979 e. The largest absolute Gasteiger partial charge is 0.240 e. The highest BCUT2D eigenvalue weighted by Gasteiger charge is 2.18. The molecular weight excluding hydrogens is 188 g/mol. The smallest absolute Gasteiger partial charge is 0.0979 e. The number of rotatable bonds is 10. The third kappa shape index (κ3) is 10.2. The van der Waals surface area contributed by atoms with Gasteiger partial charge in [-0.1, -0.05) is 51.9 Å². The molecule has 0 heterocycles. The lowest BCUT2D eigenvalue weighted by molar-refractivity contribution is -0.337. The molecule has 0 aliphatic rings. The molecule has 0 atom stereocenters. The van der Waals surface area contributed by atoms with Gasteiger partial charge in [0.15, 0.2) is 0 Å². The Morgan fingerprint density at radius 1 is 0.867 bits per heavy atom. The molecule has 0 bridgehead atoms. The highest BCUT2D eigenvalue weighted by Crippen LogP contribution is 2.19. The van der Waals surface area contributed by atoms with Crippen LogP contribution in [-0.2, 0) is 9.78 Å². The van der Waals surface area contributed by atoms with E-state index in [0.717, 1.165) is 6.42 Å². The zero-order valence-corrected chi connectivity index (χ0v) is 11.0. The molecule has 0 aromatic carbocycles. The first-order chi connectivity index (χ1) is 7.12. The maximum absolute atomic E-state index is 5.17. The van der Waals surface area contributed by atoms with Crippen molar-refractivity contribution in [3.05, 3.63) is 0 Å². The van der Waals surface area contributed by atoms with Gasteiger partial charge in [-0.2, -0.15) is 0 Å². The summed E-state index contributed by atoms with van der Waals surface area (Å²) in [6.07, 6.45) is 10.5. The molecule has 0 aromatic rings. The summed E-state index contributed by atoms with van der Waals surface area (Å²) >= 11 is 0. The van der Waals surface area contributed by atoms with Crippen LogP contribution < -0.4 is 0 Å². The number of hydrogen-bond acceptors (Lipinski definition) is 2. The van der Waals surface area contributed by atoms with Gasteiger partial charge in [-0.25, -0.2) is 9.78 Å². The Balaban J connectivity index is 3.22. The van der Waals surface area contributed by atoms with Crippen molar-refractivity contribution in [1.29, 1.82) is 0 Å². The second-order valence-electron chi connectivity index (χ2n) is 4.88. The molecule has 2 nitrogen and oxygen atoms in total. The van der Waals surface area contributed by atoms with Crippen molar-refractivity contribution in [1.82, 2.24) is 0 Å². The third-order valence-electron chi connectivity index (χ3n) is 2.69. The van der Waals surface area contributed by atoms with E-state index in [0.29, 0.717) is 0 Å². The molecule has 0 rings (SSSR count). The molecule has 0 aliphatic heterocycles. The second-order valence-corrected chi connectivity index (χ2v) is 4.88. The van der Waals surface area contributed by atoms with Gasteiger partial charge in [-0.15, -0.1) is 0 Å². The average molecular weight is 216 g/mol. The van der Waals surface area contributed by atoms with E-state index in [1.54, 1.807) is 7.11 Å². The summed E-state index contributed by atoms with van der Waals surface area (Å²) < 4.78 is 0. The molecule has 0 aliphatic carbocycles. The summed E-state index contributed by atoms with van der Waals surface area (Å²) in [6.45, 7) is 6.41. The van der Waals surface area contributed by atoms with Crippen molar-refractivity contribution in [2.24, 2.45) is 0 Å². The minimum absolute atomic E-state index is 0.127. The monoisotopic (exact) mass is 216 g/mol. The molecule has 15 heavy (non-hydrogen) atoms. The fourth-order valence-corrected chi connectivity index (χ4v) is 1.78. The van der Waals surface area contributed by atoms with Gasteiger partial charge >= 0.3 is 0 Å². The Kier molecular flexibility index (Phi) is 9.12. The Morgan fingerprint density at radius 3 is 1.93 bits per heavy atom. The molecule has 0 spiro atoms. The summed E-state index contributed by atoms with van der Waals surface area (Å²) in [4.78, 5) is 9.89. The van der Waals surface area contributed by atoms with Crippen molar-refractivity contribution >= 4 is 0 Å². The summed E-state index contributed by atoms with van der Waals surface area (Å²) in [5.41, 5.74) is -0.127. The van der Waals surface area contributed by atoms with Gasteiger partial charge in [0.05, 0.1) is 12.7 Å². The van der Waals surface area contributed by atoms with Crippen LogP contribution in [0.3, 0.4) is 0 Å². The lowest BCUT2D eigenvalue weighted by Crippen LogP contribution is -2.23. The van der Waals surface area contributed by atoms with Gasteiger partial charge in [0.1, 0.15) is 0 Å². The molecule has 0 fully saturated rings. The van der Waals surface area contributed by atoms with E-state index in [2.05, 4.69) is 20.8 Å². The molecule has 92 valence electrons. The van der Waals surface area contributed by atoms with E-state index < -0.39 is 0 Å². The van der Waals surface area contributed by atoms with Crippen LogP contribution in [-0.4, -0.2) is 12.7 Å². The predicted molar refractivity (Wildman–Crippen MR) is 64.8 cm³/mol. The standard InChI is InChI=1S/C13H28O2/c1-5-6-7-8-9-10-11-12-13(2,3)15-14-4/h5-12H2,1-4H3. The topological polar surface area (TPSA) is 18.5 Å². The van der Waals surface area contributed by atoms with E-state index in [4.69, 9.17) is 9.78 Å². The fraction of sp³-hybridized carbons (Fsp3) is 1.00. The summed E-state index contributed by atoms with van der Waals surface area (Å²) in [5, 5.41) is 0. The van der Waals surface area contributed by atoms with Gasteiger partial charge in [-0.05, 0) is 20.3 Å². The molecule has 0 unspecified atom stereocenters. The maximum atomic E-state index is 5.17. The van der Waals surface area contributed by atoms with Crippen LogP contribution in [0.2, 0.25) is 0 Å². The summed E-state index contributed by atoms with van der Waals surface area (Å²) in [5.74, 6) is 0. The molecule has 0 N–H and O–H groups in total. The molecule has 0 saturated carbocycles. The normalized spacial score (nSPS) is 12.0. The van der Waals surface area contributed by atoms with Crippen LogP contribution in [0.5, 0.6) is 0 Å². The second kappa shape index (κ2) is 9.17. The fourth-order valence-electron chi connectivity index (χ4n) is 1.78. The van der Waals surface area contributed by atoms with Gasteiger partial charge in [-0.3, -0.25) is 0 Å².